The first-order valence-corrected chi connectivity index (χ1v) is 10.8. The molecule has 0 bridgehead atoms. The molecule has 2 aromatic carbocycles. The van der Waals surface area contributed by atoms with Gasteiger partial charge >= 0.3 is 0 Å². The predicted molar refractivity (Wildman–Crippen MR) is 126 cm³/mol. The van der Waals surface area contributed by atoms with E-state index in [1.807, 2.05) is 54.3 Å². The van der Waals surface area contributed by atoms with E-state index >= 15 is 0 Å². The average molecular weight is 443 g/mol. The van der Waals surface area contributed by atoms with Crippen LogP contribution in [0.15, 0.2) is 87.6 Å². The molecule has 1 unspecified atom stereocenters. The van der Waals surface area contributed by atoms with Crippen molar-refractivity contribution in [1.82, 2.24) is 20.4 Å². The molecule has 4 aromatic rings. The lowest BCUT2D eigenvalue weighted by Crippen LogP contribution is -2.45. The van der Waals surface area contributed by atoms with Crippen LogP contribution in [0.4, 0.5) is 0 Å². The van der Waals surface area contributed by atoms with Crippen LogP contribution in [0.1, 0.15) is 35.7 Å². The van der Waals surface area contributed by atoms with E-state index in [0.29, 0.717) is 23.4 Å². The van der Waals surface area contributed by atoms with Gasteiger partial charge in [0.05, 0.1) is 24.4 Å². The monoisotopic (exact) mass is 442 g/mol. The molecular weight excluding hydrogens is 420 g/mol. The minimum absolute atomic E-state index is 0.208. The van der Waals surface area contributed by atoms with Crippen molar-refractivity contribution in [3.05, 3.63) is 101 Å². The smallest absolute Gasteiger partial charge is 0.258 e. The van der Waals surface area contributed by atoms with Gasteiger partial charge in [0.15, 0.2) is 5.11 Å². The van der Waals surface area contributed by atoms with Gasteiger partial charge in [-0.2, -0.15) is 4.98 Å². The van der Waals surface area contributed by atoms with Crippen LogP contribution in [-0.2, 0) is 6.54 Å². The molecule has 2 aromatic heterocycles. The molecule has 32 heavy (non-hydrogen) atoms. The number of hydrogen-bond donors (Lipinski definition) is 1. The number of aryl methyl sites for hydroxylation is 1. The van der Waals surface area contributed by atoms with Gasteiger partial charge in [0, 0.05) is 11.3 Å². The maximum absolute atomic E-state index is 5.77. The highest BCUT2D eigenvalue weighted by atomic mass is 32.1. The highest BCUT2D eigenvalue weighted by molar-refractivity contribution is 7.80. The van der Waals surface area contributed by atoms with Crippen LogP contribution >= 0.6 is 12.2 Å². The molecule has 5 rings (SSSR count). The SMILES string of the molecule is CC1=C(c2nc(-c3ccccc3)no2)C(c2ccc(C)cc2)NC(=S)N1Cc1ccco1. The Kier molecular flexibility index (Phi) is 5.33. The average Bonchev–Trinajstić information content (AvgIpc) is 3.50. The van der Waals surface area contributed by atoms with E-state index in [9.17, 15) is 0 Å². The molecule has 1 N–H and O–H groups in total. The highest BCUT2D eigenvalue weighted by Gasteiger charge is 2.34. The van der Waals surface area contributed by atoms with E-state index in [4.69, 9.17) is 26.1 Å². The van der Waals surface area contributed by atoms with Crippen LogP contribution in [0.3, 0.4) is 0 Å². The molecule has 3 heterocycles. The topological polar surface area (TPSA) is 67.3 Å². The molecule has 0 saturated carbocycles. The molecule has 0 spiro atoms. The number of allylic oxidation sites excluding steroid dienone is 1. The Balaban J connectivity index is 1.60. The zero-order valence-corrected chi connectivity index (χ0v) is 18.6. The van der Waals surface area contributed by atoms with Gasteiger partial charge in [-0.1, -0.05) is 65.3 Å². The summed E-state index contributed by atoms with van der Waals surface area (Å²) in [5.74, 6) is 1.83. The first-order valence-electron chi connectivity index (χ1n) is 10.4. The number of rotatable bonds is 5. The maximum Gasteiger partial charge on any atom is 0.258 e. The third-order valence-corrected chi connectivity index (χ3v) is 5.93. The van der Waals surface area contributed by atoms with Crippen molar-refractivity contribution in [3.63, 3.8) is 0 Å². The van der Waals surface area contributed by atoms with Crippen LogP contribution < -0.4 is 5.32 Å². The van der Waals surface area contributed by atoms with Crippen molar-refractivity contribution >= 4 is 22.9 Å². The number of furan rings is 1. The Hall–Kier alpha value is -3.71. The second-order valence-corrected chi connectivity index (χ2v) is 8.13. The van der Waals surface area contributed by atoms with E-state index in [2.05, 4.69) is 41.7 Å². The molecule has 0 fully saturated rings. The van der Waals surface area contributed by atoms with E-state index < -0.39 is 0 Å². The van der Waals surface area contributed by atoms with Crippen LogP contribution in [-0.4, -0.2) is 20.2 Å². The fraction of sp³-hybridized carbons (Fsp3) is 0.160. The van der Waals surface area contributed by atoms with Gasteiger partial charge in [0.25, 0.3) is 5.89 Å². The maximum atomic E-state index is 5.77. The second-order valence-electron chi connectivity index (χ2n) is 7.75. The van der Waals surface area contributed by atoms with Gasteiger partial charge in [-0.25, -0.2) is 0 Å². The summed E-state index contributed by atoms with van der Waals surface area (Å²) >= 11 is 5.74. The predicted octanol–water partition coefficient (Wildman–Crippen LogP) is 5.50. The Morgan fingerprint density at radius 3 is 2.50 bits per heavy atom. The fourth-order valence-corrected chi connectivity index (χ4v) is 4.17. The number of benzene rings is 2. The minimum atomic E-state index is -0.208. The van der Waals surface area contributed by atoms with Crippen LogP contribution in [0.5, 0.6) is 0 Å². The summed E-state index contributed by atoms with van der Waals surface area (Å²) in [6.07, 6.45) is 1.66. The van der Waals surface area contributed by atoms with E-state index in [-0.39, 0.29) is 6.04 Å². The standard InChI is InChI=1S/C25H22N4O2S/c1-16-10-12-18(13-11-16)22-21(24-27-23(28-31-24)19-7-4-3-5-8-19)17(2)29(25(32)26-22)15-20-9-6-14-30-20/h3-14,22H,15H2,1-2H3,(H,26,32). The number of nitrogens with one attached hydrogen (secondary N) is 1. The van der Waals surface area contributed by atoms with Crippen molar-refractivity contribution in [3.8, 4) is 11.4 Å². The molecule has 0 aliphatic carbocycles. The van der Waals surface area contributed by atoms with Gasteiger partial charge in [-0.3, -0.25) is 0 Å². The highest BCUT2D eigenvalue weighted by Crippen LogP contribution is 2.38. The van der Waals surface area contributed by atoms with E-state index in [1.54, 1.807) is 6.26 Å². The van der Waals surface area contributed by atoms with E-state index in [1.165, 1.54) is 5.56 Å². The van der Waals surface area contributed by atoms with Crippen molar-refractivity contribution in [2.45, 2.75) is 26.4 Å². The second kappa shape index (κ2) is 8.43. The number of nitrogens with zero attached hydrogens (tertiary/aromatic N) is 3. The Morgan fingerprint density at radius 1 is 1.00 bits per heavy atom. The lowest BCUT2D eigenvalue weighted by atomic mass is 9.94. The summed E-state index contributed by atoms with van der Waals surface area (Å²) in [5.41, 5.74) is 5.00. The first-order chi connectivity index (χ1) is 15.6. The molecule has 160 valence electrons. The molecular formula is C25H22N4O2S. The summed E-state index contributed by atoms with van der Waals surface area (Å²) in [4.78, 5) is 6.74. The van der Waals surface area contributed by atoms with Crippen molar-refractivity contribution < 1.29 is 8.94 Å². The summed E-state index contributed by atoms with van der Waals surface area (Å²) in [7, 11) is 0. The first kappa shape index (κ1) is 20.2. The molecule has 6 nitrogen and oxygen atoms in total. The van der Waals surface area contributed by atoms with Gasteiger partial charge in [-0.05, 0) is 43.8 Å². The van der Waals surface area contributed by atoms with Crippen molar-refractivity contribution in [2.24, 2.45) is 0 Å². The zero-order valence-electron chi connectivity index (χ0n) is 17.8. The van der Waals surface area contributed by atoms with Gasteiger partial charge < -0.3 is 19.2 Å². The molecule has 1 aliphatic heterocycles. The third kappa shape index (κ3) is 3.83. The molecule has 0 radical (unpaired) electrons. The van der Waals surface area contributed by atoms with E-state index in [0.717, 1.165) is 28.2 Å². The van der Waals surface area contributed by atoms with Crippen LogP contribution in [0, 0.1) is 6.92 Å². The van der Waals surface area contributed by atoms with Gasteiger partial charge in [0.2, 0.25) is 5.82 Å². The lowest BCUT2D eigenvalue weighted by Gasteiger charge is -2.37. The van der Waals surface area contributed by atoms with Gasteiger partial charge in [0.1, 0.15) is 5.76 Å². The summed E-state index contributed by atoms with van der Waals surface area (Å²) in [6.45, 7) is 4.60. The summed E-state index contributed by atoms with van der Waals surface area (Å²) < 4.78 is 11.3. The Labute approximate surface area is 191 Å². The largest absolute Gasteiger partial charge is 0.467 e. The quantitative estimate of drug-likeness (QED) is 0.409. The Morgan fingerprint density at radius 2 is 1.78 bits per heavy atom. The molecule has 1 atom stereocenters. The Bertz CT molecular complexity index is 1260. The normalized spacial score (nSPS) is 16.4. The molecule has 0 amide bonds. The minimum Gasteiger partial charge on any atom is -0.467 e. The summed E-state index contributed by atoms with van der Waals surface area (Å²) in [6, 6.07) is 21.8. The lowest BCUT2D eigenvalue weighted by molar-refractivity contribution is 0.382. The van der Waals surface area contributed by atoms with Crippen LogP contribution in [0.2, 0.25) is 0 Å². The molecule has 1 aliphatic rings. The number of thiocarbonyl (C=S) groups is 1. The molecule has 7 heteroatoms. The van der Waals surface area contributed by atoms with Crippen LogP contribution in [0.25, 0.3) is 17.0 Å². The number of hydrogen-bond acceptors (Lipinski definition) is 5. The van der Waals surface area contributed by atoms with Crippen molar-refractivity contribution in [1.29, 1.82) is 0 Å². The summed E-state index contributed by atoms with van der Waals surface area (Å²) in [5, 5.41) is 8.33. The third-order valence-electron chi connectivity index (χ3n) is 5.59. The zero-order chi connectivity index (χ0) is 22.1. The van der Waals surface area contributed by atoms with Gasteiger partial charge in [-0.15, -0.1) is 0 Å². The van der Waals surface area contributed by atoms with Crippen molar-refractivity contribution in [2.75, 3.05) is 0 Å². The fourth-order valence-electron chi connectivity index (χ4n) is 3.85. The molecule has 0 saturated heterocycles. The number of aromatic nitrogens is 2.